The minimum Gasteiger partial charge on any atom is -0.496 e. The first-order valence-corrected chi connectivity index (χ1v) is 14.6. The molecule has 0 aliphatic heterocycles. The number of carbonyl (C=O) groups excluding carboxylic acids is 1. The van der Waals surface area contributed by atoms with Crippen LogP contribution in [0.3, 0.4) is 0 Å². The van der Waals surface area contributed by atoms with Gasteiger partial charge in [-0.1, -0.05) is 127 Å². The molecule has 0 saturated carbocycles. The maximum absolute atomic E-state index is 14.3. The van der Waals surface area contributed by atoms with Gasteiger partial charge in [0.15, 0.2) is 0 Å². The van der Waals surface area contributed by atoms with E-state index in [9.17, 15) is 4.79 Å². The molecule has 0 aliphatic carbocycles. The van der Waals surface area contributed by atoms with Crippen LogP contribution in [0.25, 0.3) is 10.9 Å². The second kappa shape index (κ2) is 12.8. The second-order valence-electron chi connectivity index (χ2n) is 10.6. The number of hydrogen-bond donors (Lipinski definition) is 3. The standard InChI is InChI=1S/C38H35N3O2.H2/c1-43-36-24-14-11-15-28(36)26-40-37(42)35(25-29-27-39-34-23-13-12-22-33(29)34)41-38(30-16-5-2-6-17-30,31-18-7-3-8-19-31)32-20-9-4-10-21-32;/h2-24,27,35,39,41H,25-26H2,1H3,(H,40,42);1H. The highest BCUT2D eigenvalue weighted by atomic mass is 16.5. The molecule has 1 heterocycles. The number of amides is 1. The number of methoxy groups -OCH3 is 1. The summed E-state index contributed by atoms with van der Waals surface area (Å²) in [5.41, 5.74) is 5.39. The molecule has 5 heteroatoms. The Kier molecular flexibility index (Phi) is 8.34. The quantitative estimate of drug-likeness (QED) is 0.145. The second-order valence-corrected chi connectivity index (χ2v) is 10.6. The molecular formula is C38H37N3O2. The lowest BCUT2D eigenvalue weighted by Gasteiger charge is -2.40. The van der Waals surface area contributed by atoms with E-state index in [1.807, 2.05) is 97.2 Å². The molecule has 6 rings (SSSR count). The Morgan fingerprint density at radius 1 is 0.721 bits per heavy atom. The Bertz CT molecular complexity index is 1690. The van der Waals surface area contributed by atoms with E-state index in [1.165, 1.54) is 0 Å². The molecule has 0 aliphatic rings. The number of para-hydroxylation sites is 2. The molecule has 5 nitrogen and oxygen atoms in total. The third kappa shape index (κ3) is 5.81. The van der Waals surface area contributed by atoms with Crippen LogP contribution in [0, 0.1) is 0 Å². The van der Waals surface area contributed by atoms with E-state index >= 15 is 0 Å². The SMILES string of the molecule is COc1ccccc1CNC(=O)C(Cc1c[nH]c2ccccc12)NC(c1ccccc1)(c1ccccc1)c1ccccc1.[HH]. The zero-order chi connectivity index (χ0) is 29.5. The largest absolute Gasteiger partial charge is 0.496 e. The van der Waals surface area contributed by atoms with Crippen LogP contribution in [0.2, 0.25) is 0 Å². The summed E-state index contributed by atoms with van der Waals surface area (Å²) in [4.78, 5) is 17.7. The molecule has 6 aromatic rings. The van der Waals surface area contributed by atoms with Gasteiger partial charge in [-0.25, -0.2) is 0 Å². The Morgan fingerprint density at radius 3 is 1.86 bits per heavy atom. The Hall–Kier alpha value is -5.13. The predicted octanol–water partition coefficient (Wildman–Crippen LogP) is 7.23. The van der Waals surface area contributed by atoms with Crippen LogP contribution >= 0.6 is 0 Å². The molecule has 0 fully saturated rings. The van der Waals surface area contributed by atoms with E-state index in [-0.39, 0.29) is 7.33 Å². The van der Waals surface area contributed by atoms with Crippen molar-refractivity contribution in [3.8, 4) is 5.75 Å². The summed E-state index contributed by atoms with van der Waals surface area (Å²) >= 11 is 0. The first-order valence-electron chi connectivity index (χ1n) is 14.6. The van der Waals surface area contributed by atoms with Gasteiger partial charge in [-0.15, -0.1) is 0 Å². The summed E-state index contributed by atoms with van der Waals surface area (Å²) in [6.07, 6.45) is 2.50. The molecule has 0 radical (unpaired) electrons. The number of H-pyrrole nitrogens is 1. The van der Waals surface area contributed by atoms with Gasteiger partial charge in [0.05, 0.1) is 18.7 Å². The maximum atomic E-state index is 14.3. The lowest BCUT2D eigenvalue weighted by Crippen LogP contribution is -2.55. The van der Waals surface area contributed by atoms with Crippen molar-refractivity contribution in [2.75, 3.05) is 7.11 Å². The van der Waals surface area contributed by atoms with Crippen molar-refractivity contribution < 1.29 is 11.0 Å². The van der Waals surface area contributed by atoms with Crippen LogP contribution in [0.4, 0.5) is 0 Å². The van der Waals surface area contributed by atoms with Gasteiger partial charge < -0.3 is 15.0 Å². The zero-order valence-electron chi connectivity index (χ0n) is 24.2. The fourth-order valence-corrected chi connectivity index (χ4v) is 5.96. The minimum atomic E-state index is -0.803. The van der Waals surface area contributed by atoms with Crippen molar-refractivity contribution in [1.29, 1.82) is 0 Å². The van der Waals surface area contributed by atoms with Gasteiger partial charge in [-0.3, -0.25) is 10.1 Å². The normalized spacial score (nSPS) is 12.1. The van der Waals surface area contributed by atoms with Gasteiger partial charge in [0, 0.05) is 30.6 Å². The van der Waals surface area contributed by atoms with Crippen molar-refractivity contribution in [3.05, 3.63) is 174 Å². The summed E-state index contributed by atoms with van der Waals surface area (Å²) in [5, 5.41) is 8.25. The molecule has 0 spiro atoms. The van der Waals surface area contributed by atoms with Gasteiger partial charge in [-0.2, -0.15) is 0 Å². The Labute approximate surface area is 254 Å². The fourth-order valence-electron chi connectivity index (χ4n) is 5.96. The molecule has 0 saturated heterocycles. The van der Waals surface area contributed by atoms with Gasteiger partial charge >= 0.3 is 0 Å². The molecule has 1 atom stereocenters. The molecule has 216 valence electrons. The van der Waals surface area contributed by atoms with Crippen molar-refractivity contribution in [2.45, 2.75) is 24.5 Å². The number of ether oxygens (including phenoxy) is 1. The van der Waals surface area contributed by atoms with Crippen LogP contribution in [-0.4, -0.2) is 24.0 Å². The Balaban J connectivity index is 0.00000384. The average Bonchev–Trinajstić information content (AvgIpc) is 3.49. The monoisotopic (exact) mass is 567 g/mol. The highest BCUT2D eigenvalue weighted by molar-refractivity contribution is 5.86. The zero-order valence-corrected chi connectivity index (χ0v) is 24.2. The third-order valence-electron chi connectivity index (χ3n) is 8.07. The van der Waals surface area contributed by atoms with Crippen LogP contribution < -0.4 is 15.4 Å². The summed E-state index contributed by atoms with van der Waals surface area (Å²) in [5.74, 6) is 0.652. The van der Waals surface area contributed by atoms with Crippen LogP contribution in [-0.2, 0) is 23.3 Å². The first-order chi connectivity index (χ1) is 21.2. The van der Waals surface area contributed by atoms with Crippen LogP contribution in [0.15, 0.2) is 146 Å². The number of rotatable bonds is 11. The molecule has 1 aromatic heterocycles. The number of aromatic amines is 1. The lowest BCUT2D eigenvalue weighted by atomic mass is 9.76. The van der Waals surface area contributed by atoms with Gasteiger partial charge in [0.1, 0.15) is 5.75 Å². The first kappa shape index (κ1) is 28.0. The third-order valence-corrected chi connectivity index (χ3v) is 8.07. The van der Waals surface area contributed by atoms with Crippen molar-refractivity contribution in [1.82, 2.24) is 15.6 Å². The predicted molar refractivity (Wildman–Crippen MR) is 175 cm³/mol. The Morgan fingerprint density at radius 2 is 1.26 bits per heavy atom. The van der Waals surface area contributed by atoms with Crippen molar-refractivity contribution in [2.24, 2.45) is 0 Å². The van der Waals surface area contributed by atoms with Gasteiger partial charge in [-0.05, 0) is 40.8 Å². The molecule has 1 amide bonds. The van der Waals surface area contributed by atoms with E-state index < -0.39 is 11.6 Å². The molecule has 0 bridgehead atoms. The summed E-state index contributed by atoms with van der Waals surface area (Å²) < 4.78 is 5.55. The number of fused-ring (bicyclic) bond motifs is 1. The topological polar surface area (TPSA) is 66.1 Å². The molecule has 3 N–H and O–H groups in total. The number of nitrogens with one attached hydrogen (secondary N) is 3. The van der Waals surface area contributed by atoms with Crippen molar-refractivity contribution >= 4 is 16.8 Å². The minimum absolute atomic E-state index is 0. The number of hydrogen-bond acceptors (Lipinski definition) is 3. The molecule has 5 aromatic carbocycles. The average molecular weight is 568 g/mol. The van der Waals surface area contributed by atoms with E-state index in [2.05, 4.69) is 64.1 Å². The number of aromatic nitrogens is 1. The number of carbonyl (C=O) groups is 1. The summed E-state index contributed by atoms with van der Waals surface area (Å²) in [6.45, 7) is 0.351. The maximum Gasteiger partial charge on any atom is 0.237 e. The van der Waals surface area contributed by atoms with E-state index in [0.717, 1.165) is 44.5 Å². The van der Waals surface area contributed by atoms with Gasteiger partial charge in [0.2, 0.25) is 5.91 Å². The van der Waals surface area contributed by atoms with Crippen LogP contribution in [0.1, 0.15) is 29.2 Å². The van der Waals surface area contributed by atoms with E-state index in [1.54, 1.807) is 7.11 Å². The smallest absolute Gasteiger partial charge is 0.237 e. The molecular weight excluding hydrogens is 530 g/mol. The summed E-state index contributed by atoms with van der Waals surface area (Å²) in [6, 6.07) is 46.5. The molecule has 1 unspecified atom stereocenters. The molecule has 43 heavy (non-hydrogen) atoms. The van der Waals surface area contributed by atoms with Gasteiger partial charge in [0.25, 0.3) is 0 Å². The number of benzene rings is 5. The lowest BCUT2D eigenvalue weighted by molar-refractivity contribution is -0.123. The summed E-state index contributed by atoms with van der Waals surface area (Å²) in [7, 11) is 1.65. The van der Waals surface area contributed by atoms with Crippen LogP contribution in [0.5, 0.6) is 5.75 Å². The highest BCUT2D eigenvalue weighted by Crippen LogP contribution is 2.38. The fraction of sp³-hybridized carbons (Fsp3) is 0.132. The highest BCUT2D eigenvalue weighted by Gasteiger charge is 2.40. The van der Waals surface area contributed by atoms with Crippen molar-refractivity contribution in [3.63, 3.8) is 0 Å². The van der Waals surface area contributed by atoms with E-state index in [4.69, 9.17) is 4.74 Å². The van der Waals surface area contributed by atoms with E-state index in [0.29, 0.717) is 13.0 Å².